The number of nitrogens with zero attached hydrogens (tertiary/aromatic N) is 2. The molecule has 1 aliphatic rings. The zero-order chi connectivity index (χ0) is 18.0. The molecule has 0 spiro atoms. The zero-order valence-corrected chi connectivity index (χ0v) is 15.5. The molecule has 2 aromatic rings. The molecule has 0 saturated carbocycles. The molecule has 5 nitrogen and oxygen atoms in total. The number of benzene rings is 1. The summed E-state index contributed by atoms with van der Waals surface area (Å²) in [6.07, 6.45) is 3.93. The summed E-state index contributed by atoms with van der Waals surface area (Å²) in [5, 5.41) is 7.46. The standard InChI is InChI=1S/C20H27N3O2/c1-14-7-9-15(10-8-14)17-12-21-22-18(17)16-6-5-11-23(13-16)19(24)20(2,3)25-4/h7-10,12,16H,5-6,11,13H2,1-4H3,(H,21,22)/t16-/m1/s1. The number of ether oxygens (including phenoxy) is 1. The van der Waals surface area contributed by atoms with E-state index in [-0.39, 0.29) is 11.8 Å². The predicted octanol–water partition coefficient (Wildman–Crippen LogP) is 3.52. The number of methoxy groups -OCH3 is 1. The van der Waals surface area contributed by atoms with Gasteiger partial charge in [-0.15, -0.1) is 0 Å². The van der Waals surface area contributed by atoms with Crippen molar-refractivity contribution in [3.8, 4) is 11.1 Å². The molecule has 1 aromatic heterocycles. The number of aromatic amines is 1. The van der Waals surface area contributed by atoms with Crippen LogP contribution in [0.3, 0.4) is 0 Å². The fourth-order valence-electron chi connectivity index (χ4n) is 3.44. The van der Waals surface area contributed by atoms with E-state index in [2.05, 4.69) is 41.4 Å². The van der Waals surface area contributed by atoms with Gasteiger partial charge in [-0.3, -0.25) is 9.89 Å². The zero-order valence-electron chi connectivity index (χ0n) is 15.5. The topological polar surface area (TPSA) is 58.2 Å². The molecule has 2 heterocycles. The maximum absolute atomic E-state index is 12.7. The van der Waals surface area contributed by atoms with E-state index in [0.717, 1.165) is 36.2 Å². The Morgan fingerprint density at radius 2 is 2.04 bits per heavy atom. The van der Waals surface area contributed by atoms with Gasteiger partial charge in [0.15, 0.2) is 0 Å². The largest absolute Gasteiger partial charge is 0.369 e. The number of nitrogens with one attached hydrogen (secondary N) is 1. The van der Waals surface area contributed by atoms with Gasteiger partial charge in [-0.05, 0) is 39.2 Å². The normalized spacial score (nSPS) is 18.4. The third-order valence-electron chi connectivity index (χ3n) is 5.17. The van der Waals surface area contributed by atoms with Crippen molar-refractivity contribution in [3.63, 3.8) is 0 Å². The first-order valence-corrected chi connectivity index (χ1v) is 8.87. The maximum atomic E-state index is 12.7. The van der Waals surface area contributed by atoms with Crippen molar-refractivity contribution in [2.45, 2.75) is 45.1 Å². The number of piperidine rings is 1. The van der Waals surface area contributed by atoms with Crippen molar-refractivity contribution in [3.05, 3.63) is 41.7 Å². The van der Waals surface area contributed by atoms with Crippen molar-refractivity contribution in [2.24, 2.45) is 0 Å². The van der Waals surface area contributed by atoms with Crippen LogP contribution in [0.25, 0.3) is 11.1 Å². The molecule has 1 fully saturated rings. The van der Waals surface area contributed by atoms with E-state index in [9.17, 15) is 4.79 Å². The lowest BCUT2D eigenvalue weighted by atomic mass is 9.89. The monoisotopic (exact) mass is 341 g/mol. The van der Waals surface area contributed by atoms with Gasteiger partial charge < -0.3 is 9.64 Å². The van der Waals surface area contributed by atoms with Gasteiger partial charge in [0.2, 0.25) is 0 Å². The number of likely N-dealkylation sites (tertiary alicyclic amines) is 1. The highest BCUT2D eigenvalue weighted by Crippen LogP contribution is 2.33. The lowest BCUT2D eigenvalue weighted by molar-refractivity contribution is -0.152. The molecule has 1 aliphatic heterocycles. The summed E-state index contributed by atoms with van der Waals surface area (Å²) in [6, 6.07) is 8.49. The van der Waals surface area contributed by atoms with Gasteiger partial charge in [-0.1, -0.05) is 29.8 Å². The minimum Gasteiger partial charge on any atom is -0.369 e. The first-order valence-electron chi connectivity index (χ1n) is 8.87. The van der Waals surface area contributed by atoms with Gasteiger partial charge >= 0.3 is 0 Å². The van der Waals surface area contributed by atoms with Crippen LogP contribution in [0.5, 0.6) is 0 Å². The smallest absolute Gasteiger partial charge is 0.254 e. The minimum atomic E-state index is -0.782. The molecule has 5 heteroatoms. The fraction of sp³-hybridized carbons (Fsp3) is 0.500. The molecule has 0 radical (unpaired) electrons. The molecule has 0 aliphatic carbocycles. The van der Waals surface area contributed by atoms with Gasteiger partial charge in [0.05, 0.1) is 6.20 Å². The number of hydrogen-bond acceptors (Lipinski definition) is 3. The van der Waals surface area contributed by atoms with E-state index in [4.69, 9.17) is 4.74 Å². The second-order valence-electron chi connectivity index (χ2n) is 7.37. The third kappa shape index (κ3) is 3.61. The van der Waals surface area contributed by atoms with E-state index < -0.39 is 5.60 Å². The number of amides is 1. The Balaban J connectivity index is 1.82. The molecule has 0 unspecified atom stereocenters. The summed E-state index contributed by atoms with van der Waals surface area (Å²) in [5.41, 5.74) is 3.87. The molecule has 1 amide bonds. The molecule has 0 bridgehead atoms. The quantitative estimate of drug-likeness (QED) is 0.926. The summed E-state index contributed by atoms with van der Waals surface area (Å²) >= 11 is 0. The van der Waals surface area contributed by atoms with Crippen LogP contribution in [-0.4, -0.2) is 46.8 Å². The van der Waals surface area contributed by atoms with Crippen LogP contribution in [0.4, 0.5) is 0 Å². The van der Waals surface area contributed by atoms with Crippen molar-refractivity contribution < 1.29 is 9.53 Å². The highest BCUT2D eigenvalue weighted by atomic mass is 16.5. The first-order chi connectivity index (χ1) is 11.9. The number of hydrogen-bond donors (Lipinski definition) is 1. The van der Waals surface area contributed by atoms with Crippen LogP contribution in [0.15, 0.2) is 30.5 Å². The van der Waals surface area contributed by atoms with Gasteiger partial charge in [0.25, 0.3) is 5.91 Å². The van der Waals surface area contributed by atoms with Crippen molar-refractivity contribution >= 4 is 5.91 Å². The summed E-state index contributed by atoms with van der Waals surface area (Å²) in [7, 11) is 1.59. The van der Waals surface area contributed by atoms with E-state index in [0.29, 0.717) is 6.54 Å². The van der Waals surface area contributed by atoms with Gasteiger partial charge in [-0.2, -0.15) is 5.10 Å². The Hall–Kier alpha value is -2.14. The SMILES string of the molecule is COC(C)(C)C(=O)N1CCC[C@@H](c2[nH]ncc2-c2ccc(C)cc2)C1. The van der Waals surface area contributed by atoms with E-state index in [1.807, 2.05) is 24.9 Å². The number of aryl methyl sites for hydroxylation is 1. The van der Waals surface area contributed by atoms with Crippen molar-refractivity contribution in [1.29, 1.82) is 0 Å². The van der Waals surface area contributed by atoms with Crippen molar-refractivity contribution in [2.75, 3.05) is 20.2 Å². The van der Waals surface area contributed by atoms with Crippen LogP contribution < -0.4 is 0 Å². The Kier molecular flexibility index (Phi) is 4.95. The molecule has 25 heavy (non-hydrogen) atoms. The minimum absolute atomic E-state index is 0.0519. The van der Waals surface area contributed by atoms with Crippen LogP contribution in [0.1, 0.15) is 43.9 Å². The average Bonchev–Trinajstić information content (AvgIpc) is 3.11. The number of carbonyl (C=O) groups excluding carboxylic acids is 1. The molecular weight excluding hydrogens is 314 g/mol. The first kappa shape index (κ1) is 17.7. The molecule has 1 aromatic carbocycles. The van der Waals surface area contributed by atoms with Gasteiger partial charge in [0, 0.05) is 37.4 Å². The molecule has 1 N–H and O–H groups in total. The predicted molar refractivity (Wildman–Crippen MR) is 98.4 cm³/mol. The summed E-state index contributed by atoms with van der Waals surface area (Å²) in [4.78, 5) is 14.7. The highest BCUT2D eigenvalue weighted by molar-refractivity contribution is 5.84. The fourth-order valence-corrected chi connectivity index (χ4v) is 3.44. The van der Waals surface area contributed by atoms with E-state index in [1.165, 1.54) is 5.56 Å². The second-order valence-corrected chi connectivity index (χ2v) is 7.37. The number of rotatable bonds is 4. The lowest BCUT2D eigenvalue weighted by Gasteiger charge is -2.37. The maximum Gasteiger partial charge on any atom is 0.254 e. The average molecular weight is 341 g/mol. The molecular formula is C20H27N3O2. The van der Waals surface area contributed by atoms with Crippen LogP contribution in [0.2, 0.25) is 0 Å². The van der Waals surface area contributed by atoms with Gasteiger partial charge in [0.1, 0.15) is 5.60 Å². The Labute approximate surface area is 149 Å². The second kappa shape index (κ2) is 7.00. The molecule has 1 saturated heterocycles. The summed E-state index contributed by atoms with van der Waals surface area (Å²) in [6.45, 7) is 7.23. The Bertz CT molecular complexity index is 734. The molecule has 1 atom stereocenters. The molecule has 134 valence electrons. The third-order valence-corrected chi connectivity index (χ3v) is 5.17. The molecule has 3 rings (SSSR count). The van der Waals surface area contributed by atoms with Crippen LogP contribution >= 0.6 is 0 Å². The van der Waals surface area contributed by atoms with Crippen molar-refractivity contribution in [1.82, 2.24) is 15.1 Å². The highest BCUT2D eigenvalue weighted by Gasteiger charge is 2.35. The Morgan fingerprint density at radius 1 is 1.32 bits per heavy atom. The number of carbonyl (C=O) groups is 1. The van der Waals surface area contributed by atoms with Crippen LogP contribution in [-0.2, 0) is 9.53 Å². The van der Waals surface area contributed by atoms with Gasteiger partial charge in [-0.25, -0.2) is 0 Å². The van der Waals surface area contributed by atoms with Crippen LogP contribution in [0, 0.1) is 6.92 Å². The van der Waals surface area contributed by atoms with E-state index in [1.54, 1.807) is 7.11 Å². The Morgan fingerprint density at radius 3 is 2.72 bits per heavy atom. The van der Waals surface area contributed by atoms with E-state index >= 15 is 0 Å². The summed E-state index contributed by atoms with van der Waals surface area (Å²) < 4.78 is 5.37. The lowest BCUT2D eigenvalue weighted by Crippen LogP contribution is -2.49. The number of H-pyrrole nitrogens is 1. The summed E-state index contributed by atoms with van der Waals surface area (Å²) in [5.74, 6) is 0.320. The number of aromatic nitrogens is 2.